The number of alkyl halides is 2. The minimum absolute atomic E-state index is 0.0274. The van der Waals surface area contributed by atoms with E-state index in [1.807, 2.05) is 0 Å². The molecule has 1 N–H and O–H groups in total. The van der Waals surface area contributed by atoms with E-state index in [-0.39, 0.29) is 27.6 Å². The molecule has 1 saturated carbocycles. The molecule has 2 rings (SSSR count). The van der Waals surface area contributed by atoms with Gasteiger partial charge in [0.2, 0.25) is 5.91 Å². The highest BCUT2D eigenvalue weighted by Crippen LogP contribution is 2.38. The van der Waals surface area contributed by atoms with Crippen LogP contribution in [-0.2, 0) is 4.79 Å². The Kier molecular flexibility index (Phi) is 3.92. The summed E-state index contributed by atoms with van der Waals surface area (Å²) in [5.74, 6) is -0.387. The Balaban J connectivity index is 2.16. The molecule has 1 fully saturated rings. The van der Waals surface area contributed by atoms with Crippen LogP contribution in [0.3, 0.4) is 0 Å². The molecule has 0 saturated heterocycles. The van der Waals surface area contributed by atoms with Crippen molar-refractivity contribution in [3.63, 3.8) is 0 Å². The summed E-state index contributed by atoms with van der Waals surface area (Å²) in [5, 5.41) is 2.46. The highest BCUT2D eigenvalue weighted by molar-refractivity contribution is 6.37. The highest BCUT2D eigenvalue weighted by Gasteiger charge is 2.29. The summed E-state index contributed by atoms with van der Waals surface area (Å²) < 4.78 is 28.4. The van der Waals surface area contributed by atoms with Crippen LogP contribution in [0.2, 0.25) is 10.0 Å². The number of hydrogen-bond donors (Lipinski definition) is 1. The average Bonchev–Trinajstić information content (AvgIpc) is 3.06. The zero-order valence-corrected chi connectivity index (χ0v) is 10.6. The maximum absolute atomic E-state index is 12.1. The fourth-order valence-corrected chi connectivity index (χ4v) is 2.00. The summed E-state index contributed by atoms with van der Waals surface area (Å²) in [7, 11) is 0. The molecule has 1 aliphatic rings. The van der Waals surface area contributed by atoms with Crippen molar-refractivity contribution in [1.29, 1.82) is 0 Å². The molecule has 98 valence electrons. The standard InChI is InChI=1S/C11H9Cl2F2NO2/c12-7-3-6(16-10(17)5-1-2-5)4-8(13)9(7)18-11(14)15/h3-5,11H,1-2H2,(H,16,17). The minimum Gasteiger partial charge on any atom is -0.432 e. The third kappa shape index (κ3) is 3.23. The Morgan fingerprint density at radius 1 is 1.33 bits per heavy atom. The molecule has 1 aromatic rings. The van der Waals surface area contributed by atoms with E-state index in [0.717, 1.165) is 12.8 Å². The first-order valence-corrected chi connectivity index (χ1v) is 5.97. The first-order chi connectivity index (χ1) is 8.47. The first-order valence-electron chi connectivity index (χ1n) is 5.22. The number of amides is 1. The Morgan fingerprint density at radius 2 is 1.89 bits per heavy atom. The second-order valence-corrected chi connectivity index (χ2v) is 4.73. The molecule has 0 spiro atoms. The molecule has 1 aromatic carbocycles. The van der Waals surface area contributed by atoms with E-state index in [9.17, 15) is 13.6 Å². The highest BCUT2D eigenvalue weighted by atomic mass is 35.5. The average molecular weight is 296 g/mol. The molecule has 7 heteroatoms. The van der Waals surface area contributed by atoms with Gasteiger partial charge in [-0.1, -0.05) is 23.2 Å². The molecular weight excluding hydrogens is 287 g/mol. The van der Waals surface area contributed by atoms with Gasteiger partial charge in [0, 0.05) is 11.6 Å². The molecular formula is C11H9Cl2F2NO2. The van der Waals surface area contributed by atoms with Gasteiger partial charge in [-0.25, -0.2) is 0 Å². The number of ether oxygens (including phenoxy) is 1. The third-order valence-electron chi connectivity index (χ3n) is 2.42. The molecule has 0 atom stereocenters. The molecule has 0 aromatic heterocycles. The topological polar surface area (TPSA) is 38.3 Å². The predicted octanol–water partition coefficient (Wildman–Crippen LogP) is 3.94. The van der Waals surface area contributed by atoms with Crippen LogP contribution in [-0.4, -0.2) is 12.5 Å². The molecule has 1 aliphatic carbocycles. The Hall–Kier alpha value is -1.07. The first kappa shape index (κ1) is 13.4. The summed E-state index contributed by atoms with van der Waals surface area (Å²) >= 11 is 11.5. The summed E-state index contributed by atoms with van der Waals surface area (Å²) in [4.78, 5) is 11.5. The molecule has 0 radical (unpaired) electrons. The zero-order valence-electron chi connectivity index (χ0n) is 9.05. The molecule has 0 unspecified atom stereocenters. The van der Waals surface area contributed by atoms with Crippen molar-refractivity contribution >= 4 is 34.8 Å². The normalized spacial score (nSPS) is 14.7. The Morgan fingerprint density at radius 3 is 2.33 bits per heavy atom. The van der Waals surface area contributed by atoms with Crippen molar-refractivity contribution in [3.8, 4) is 5.75 Å². The van der Waals surface area contributed by atoms with Gasteiger partial charge in [0.1, 0.15) is 0 Å². The van der Waals surface area contributed by atoms with E-state index in [4.69, 9.17) is 23.2 Å². The molecule has 1 amide bonds. The quantitative estimate of drug-likeness (QED) is 0.913. The van der Waals surface area contributed by atoms with Gasteiger partial charge in [0.25, 0.3) is 0 Å². The lowest BCUT2D eigenvalue weighted by Gasteiger charge is -2.11. The molecule has 3 nitrogen and oxygen atoms in total. The van der Waals surface area contributed by atoms with Gasteiger partial charge in [-0.05, 0) is 25.0 Å². The largest absolute Gasteiger partial charge is 0.432 e. The van der Waals surface area contributed by atoms with Crippen molar-refractivity contribution in [2.75, 3.05) is 5.32 Å². The number of carbonyl (C=O) groups excluding carboxylic acids is 1. The monoisotopic (exact) mass is 295 g/mol. The van der Waals surface area contributed by atoms with Gasteiger partial charge >= 0.3 is 6.61 Å². The van der Waals surface area contributed by atoms with Crippen LogP contribution in [0.1, 0.15) is 12.8 Å². The van der Waals surface area contributed by atoms with E-state index in [0.29, 0.717) is 5.69 Å². The van der Waals surface area contributed by atoms with Crippen molar-refractivity contribution < 1.29 is 18.3 Å². The van der Waals surface area contributed by atoms with E-state index in [1.165, 1.54) is 12.1 Å². The summed E-state index contributed by atoms with van der Waals surface area (Å²) in [6, 6.07) is 2.65. The summed E-state index contributed by atoms with van der Waals surface area (Å²) in [6.45, 7) is -3.01. The third-order valence-corrected chi connectivity index (χ3v) is 2.98. The summed E-state index contributed by atoms with van der Waals surface area (Å²) in [6.07, 6.45) is 1.72. The van der Waals surface area contributed by atoms with Crippen LogP contribution in [0, 0.1) is 5.92 Å². The fourth-order valence-electron chi connectivity index (χ4n) is 1.42. The lowest BCUT2D eigenvalue weighted by molar-refractivity contribution is -0.117. The van der Waals surface area contributed by atoms with Crippen LogP contribution in [0.4, 0.5) is 14.5 Å². The van der Waals surface area contributed by atoms with Gasteiger partial charge < -0.3 is 10.1 Å². The molecule has 0 heterocycles. The number of nitrogens with one attached hydrogen (secondary N) is 1. The van der Waals surface area contributed by atoms with Gasteiger partial charge in [-0.3, -0.25) is 4.79 Å². The van der Waals surface area contributed by atoms with Crippen LogP contribution in [0.5, 0.6) is 5.75 Å². The van der Waals surface area contributed by atoms with Gasteiger partial charge in [0.15, 0.2) is 5.75 Å². The SMILES string of the molecule is O=C(Nc1cc(Cl)c(OC(F)F)c(Cl)c1)C1CC1. The van der Waals surface area contributed by atoms with Crippen LogP contribution >= 0.6 is 23.2 Å². The van der Waals surface area contributed by atoms with Crippen LogP contribution < -0.4 is 10.1 Å². The van der Waals surface area contributed by atoms with Gasteiger partial charge in [0.05, 0.1) is 10.0 Å². The number of halogens is 4. The van der Waals surface area contributed by atoms with Crippen molar-refractivity contribution in [2.24, 2.45) is 5.92 Å². The van der Waals surface area contributed by atoms with E-state index in [1.54, 1.807) is 0 Å². The van der Waals surface area contributed by atoms with Gasteiger partial charge in [-0.2, -0.15) is 8.78 Å². The van der Waals surface area contributed by atoms with E-state index in [2.05, 4.69) is 10.1 Å². The van der Waals surface area contributed by atoms with Crippen LogP contribution in [0.15, 0.2) is 12.1 Å². The number of anilines is 1. The van der Waals surface area contributed by atoms with Crippen molar-refractivity contribution in [1.82, 2.24) is 0 Å². The second kappa shape index (κ2) is 5.28. The number of benzene rings is 1. The van der Waals surface area contributed by atoms with Crippen LogP contribution in [0.25, 0.3) is 0 Å². The number of hydrogen-bond acceptors (Lipinski definition) is 2. The van der Waals surface area contributed by atoms with E-state index < -0.39 is 6.61 Å². The Bertz CT molecular complexity index is 455. The molecule has 0 bridgehead atoms. The minimum atomic E-state index is -3.01. The maximum atomic E-state index is 12.1. The van der Waals surface area contributed by atoms with Crippen molar-refractivity contribution in [3.05, 3.63) is 22.2 Å². The molecule has 18 heavy (non-hydrogen) atoms. The molecule has 0 aliphatic heterocycles. The lowest BCUT2D eigenvalue weighted by Crippen LogP contribution is -2.13. The van der Waals surface area contributed by atoms with E-state index >= 15 is 0 Å². The van der Waals surface area contributed by atoms with Crippen molar-refractivity contribution in [2.45, 2.75) is 19.5 Å². The lowest BCUT2D eigenvalue weighted by atomic mass is 10.2. The zero-order chi connectivity index (χ0) is 13.3. The van der Waals surface area contributed by atoms with Gasteiger partial charge in [-0.15, -0.1) is 0 Å². The number of rotatable bonds is 4. The predicted molar refractivity (Wildman–Crippen MR) is 64.4 cm³/mol. The smallest absolute Gasteiger partial charge is 0.387 e. The Labute approximate surface area is 112 Å². The maximum Gasteiger partial charge on any atom is 0.387 e. The fraction of sp³-hybridized carbons (Fsp3) is 0.364. The number of carbonyl (C=O) groups is 1. The second-order valence-electron chi connectivity index (χ2n) is 3.91. The summed E-state index contributed by atoms with van der Waals surface area (Å²) in [5.41, 5.74) is 0.364.